The maximum absolute atomic E-state index is 11.6. The van der Waals surface area contributed by atoms with Gasteiger partial charge in [0, 0.05) is 0 Å². The molecule has 0 unspecified atom stereocenters. The predicted octanol–water partition coefficient (Wildman–Crippen LogP) is 0.662. The third-order valence-corrected chi connectivity index (χ3v) is 5.29. The Morgan fingerprint density at radius 1 is 1.42 bits per heavy atom. The summed E-state index contributed by atoms with van der Waals surface area (Å²) in [5, 5.41) is 22.3. The van der Waals surface area contributed by atoms with Gasteiger partial charge in [-0.1, -0.05) is 0 Å². The molecule has 1 heterocycles. The van der Waals surface area contributed by atoms with Crippen LogP contribution in [0.2, 0.25) is 0 Å². The summed E-state index contributed by atoms with van der Waals surface area (Å²) < 4.78 is 1.49. The molecule has 1 aliphatic rings. The first-order valence-electron chi connectivity index (χ1n) is 3.88. The van der Waals surface area contributed by atoms with Gasteiger partial charge in [-0.25, -0.2) is 0 Å². The number of rotatable bonds is 0. The molecule has 0 saturated carbocycles. The van der Waals surface area contributed by atoms with E-state index in [1.807, 2.05) is 27.7 Å². The van der Waals surface area contributed by atoms with E-state index in [1.165, 1.54) is 0 Å². The van der Waals surface area contributed by atoms with E-state index in [2.05, 4.69) is 0 Å². The first kappa shape index (κ1) is 10.2. The molecule has 0 aromatic rings. The van der Waals surface area contributed by atoms with Crippen LogP contribution in [0.3, 0.4) is 0 Å². The van der Waals surface area contributed by atoms with Gasteiger partial charge < -0.3 is 0 Å². The topological polar surface area (TPSA) is 49.5 Å². The molecule has 1 rings (SSSR count). The van der Waals surface area contributed by atoms with Gasteiger partial charge in [0.05, 0.1) is 0 Å². The fourth-order valence-corrected chi connectivity index (χ4v) is 4.31. The van der Waals surface area contributed by atoms with Crippen molar-refractivity contribution in [1.29, 1.82) is 0 Å². The van der Waals surface area contributed by atoms with Gasteiger partial charge in [0.15, 0.2) is 0 Å². The van der Waals surface area contributed by atoms with Crippen molar-refractivity contribution in [2.45, 2.75) is 38.8 Å². The van der Waals surface area contributed by atoms with Crippen molar-refractivity contribution in [2.75, 3.05) is 0 Å². The summed E-state index contributed by atoms with van der Waals surface area (Å²) >= 11 is 0.151. The van der Waals surface area contributed by atoms with Crippen LogP contribution in [0.4, 0.5) is 0 Å². The standard InChI is InChI=1S/C7H13N2O2.Hg/c1-6(2)7(3,4)9(11)5-8(6)10;/h10H,1-4H3;. The van der Waals surface area contributed by atoms with Crippen LogP contribution in [0.5, 0.6) is 0 Å². The third kappa shape index (κ3) is 1.00. The van der Waals surface area contributed by atoms with Crippen LogP contribution in [0, 0.1) is 5.21 Å². The second-order valence-corrected chi connectivity index (χ2v) is 6.60. The molecule has 5 heteroatoms. The molecular formula is C7H13HgN2O2. The average molecular weight is 358 g/mol. The molecular weight excluding hydrogens is 345 g/mol. The van der Waals surface area contributed by atoms with Crippen LogP contribution in [0.1, 0.15) is 27.7 Å². The van der Waals surface area contributed by atoms with Gasteiger partial charge in [0.1, 0.15) is 0 Å². The van der Waals surface area contributed by atoms with Gasteiger partial charge >= 0.3 is 88.5 Å². The Bertz CT molecular complexity index is 248. The van der Waals surface area contributed by atoms with Crippen molar-refractivity contribution in [3.8, 4) is 0 Å². The number of hydroxylamine groups is 3. The molecule has 4 nitrogen and oxygen atoms in total. The van der Waals surface area contributed by atoms with Crippen molar-refractivity contribution in [1.82, 2.24) is 5.06 Å². The summed E-state index contributed by atoms with van der Waals surface area (Å²) in [6, 6.07) is 0. The minimum absolute atomic E-state index is 0.151. The van der Waals surface area contributed by atoms with E-state index in [4.69, 9.17) is 0 Å². The van der Waals surface area contributed by atoms with Gasteiger partial charge in [-0.15, -0.1) is 0 Å². The average Bonchev–Trinajstić information content (AvgIpc) is 2.05. The molecule has 0 amide bonds. The van der Waals surface area contributed by atoms with Crippen LogP contribution in [0.25, 0.3) is 0 Å². The Balaban J connectivity index is 3.22. The first-order chi connectivity index (χ1) is 5.23. The van der Waals surface area contributed by atoms with Crippen molar-refractivity contribution in [3.05, 3.63) is 5.21 Å². The van der Waals surface area contributed by atoms with E-state index < -0.39 is 11.1 Å². The van der Waals surface area contributed by atoms with Crippen molar-refractivity contribution < 1.29 is 36.1 Å². The quantitative estimate of drug-likeness (QED) is 0.394. The number of nitrogens with zero attached hydrogens (tertiary/aromatic N) is 2. The molecule has 65 valence electrons. The monoisotopic (exact) mass is 359 g/mol. The van der Waals surface area contributed by atoms with Crippen LogP contribution < -0.4 is 0 Å². The van der Waals surface area contributed by atoms with E-state index in [0.717, 1.165) is 9.80 Å². The zero-order chi connectivity index (χ0) is 9.73. The molecule has 12 heavy (non-hydrogen) atoms. The molecule has 0 aliphatic carbocycles. The van der Waals surface area contributed by atoms with Gasteiger partial charge in [0.2, 0.25) is 0 Å². The Hall–Kier alpha value is 0.165. The zero-order valence-electron chi connectivity index (χ0n) is 7.96. The Morgan fingerprint density at radius 2 is 1.83 bits per heavy atom. The Morgan fingerprint density at radius 3 is 1.92 bits per heavy atom. The molecule has 0 spiro atoms. The van der Waals surface area contributed by atoms with Gasteiger partial charge in [-0.2, -0.15) is 0 Å². The zero-order valence-corrected chi connectivity index (χ0v) is 13.5. The van der Waals surface area contributed by atoms with E-state index >= 15 is 0 Å². The predicted molar refractivity (Wildman–Crippen MR) is 40.4 cm³/mol. The molecule has 0 fully saturated rings. The van der Waals surface area contributed by atoms with Crippen LogP contribution in [-0.2, 0) is 26.1 Å². The Kier molecular flexibility index (Phi) is 2.20. The third-order valence-electron chi connectivity index (χ3n) is 3.01. The van der Waals surface area contributed by atoms with Crippen LogP contribution in [0.15, 0.2) is 0 Å². The summed E-state index contributed by atoms with van der Waals surface area (Å²) in [6.07, 6.45) is 0. The number of hydrogen-bond acceptors (Lipinski definition) is 3. The van der Waals surface area contributed by atoms with E-state index in [1.54, 1.807) is 0 Å². The first-order valence-corrected chi connectivity index (χ1v) is 6.63. The molecule has 1 aliphatic heterocycles. The summed E-state index contributed by atoms with van der Waals surface area (Å²) in [5.74, 6) is 0. The molecule has 0 atom stereocenters. The van der Waals surface area contributed by atoms with Crippen LogP contribution >= 0.6 is 0 Å². The second-order valence-electron chi connectivity index (χ2n) is 4.14. The Labute approximate surface area is 88.4 Å². The van der Waals surface area contributed by atoms with E-state index in [-0.39, 0.29) is 26.1 Å². The summed E-state index contributed by atoms with van der Waals surface area (Å²) in [6.45, 7) is 7.45. The molecule has 0 aromatic carbocycles. The normalized spacial score (nSPS) is 26.8. The SMILES string of the molecule is CC1(C)N(O)[C]([Hg])=[N+]([O-])C1(C)C. The maximum atomic E-state index is 11.6. The molecule has 0 radical (unpaired) electrons. The van der Waals surface area contributed by atoms with Gasteiger partial charge in [-0.3, -0.25) is 0 Å². The second kappa shape index (κ2) is 2.58. The molecule has 0 saturated heterocycles. The fourth-order valence-electron chi connectivity index (χ4n) is 1.24. The van der Waals surface area contributed by atoms with Crippen molar-refractivity contribution in [3.63, 3.8) is 0 Å². The van der Waals surface area contributed by atoms with Crippen LogP contribution in [-0.4, -0.2) is 29.4 Å². The molecule has 1 N–H and O–H groups in total. The summed E-state index contributed by atoms with van der Waals surface area (Å²) in [5.41, 5.74) is -1.04. The molecule has 0 bridgehead atoms. The van der Waals surface area contributed by atoms with Gasteiger partial charge in [-0.05, 0) is 0 Å². The number of amidine groups is 1. The minimum atomic E-state index is -0.543. The number of hydrogen-bond donors (Lipinski definition) is 1. The fraction of sp³-hybridized carbons (Fsp3) is 0.857. The van der Waals surface area contributed by atoms with Crippen molar-refractivity contribution >= 4 is 3.34 Å². The summed E-state index contributed by atoms with van der Waals surface area (Å²) in [4.78, 5) is 0. The summed E-state index contributed by atoms with van der Waals surface area (Å²) in [7, 11) is 0. The molecule has 0 aromatic heterocycles. The van der Waals surface area contributed by atoms with E-state index in [0.29, 0.717) is 3.34 Å². The van der Waals surface area contributed by atoms with Crippen molar-refractivity contribution in [2.24, 2.45) is 0 Å². The van der Waals surface area contributed by atoms with E-state index in [9.17, 15) is 10.4 Å². The van der Waals surface area contributed by atoms with Gasteiger partial charge in [0.25, 0.3) is 0 Å².